The first-order chi connectivity index (χ1) is 11.2. The van der Waals surface area contributed by atoms with Gasteiger partial charge >= 0.3 is 0 Å². The van der Waals surface area contributed by atoms with Crippen molar-refractivity contribution in [3.8, 4) is 17.5 Å². The maximum Gasteiger partial charge on any atom is 0.257 e. The van der Waals surface area contributed by atoms with Crippen molar-refractivity contribution < 1.29 is 4.52 Å². The Hall–Kier alpha value is -2.98. The van der Waals surface area contributed by atoms with E-state index in [9.17, 15) is 0 Å². The summed E-state index contributed by atoms with van der Waals surface area (Å²) in [6.07, 6.45) is 2.87. The topological polar surface area (TPSA) is 101 Å². The van der Waals surface area contributed by atoms with Crippen LogP contribution in [0.4, 0.5) is 5.82 Å². The van der Waals surface area contributed by atoms with Crippen LogP contribution < -0.4 is 5.32 Å². The number of hydrogen-bond donors (Lipinski definition) is 1. The van der Waals surface area contributed by atoms with Gasteiger partial charge in [-0.25, -0.2) is 9.97 Å². The average molecular weight is 327 g/mol. The van der Waals surface area contributed by atoms with Crippen molar-refractivity contribution >= 4 is 17.4 Å². The Labute approximate surface area is 137 Å². The third-order valence-corrected chi connectivity index (χ3v) is 3.30. The fourth-order valence-electron chi connectivity index (χ4n) is 1.87. The minimum atomic E-state index is -0.234. The highest BCUT2D eigenvalue weighted by atomic mass is 35.5. The van der Waals surface area contributed by atoms with Crippen LogP contribution in [-0.2, 0) is 0 Å². The zero-order valence-electron chi connectivity index (χ0n) is 12.1. The van der Waals surface area contributed by atoms with Crippen molar-refractivity contribution in [1.82, 2.24) is 20.1 Å². The summed E-state index contributed by atoms with van der Waals surface area (Å²) in [5.74, 6) is 1.42. The Morgan fingerprint density at radius 1 is 1.22 bits per heavy atom. The zero-order chi connectivity index (χ0) is 16.2. The highest BCUT2D eigenvalue weighted by Crippen LogP contribution is 2.22. The van der Waals surface area contributed by atoms with E-state index in [1.165, 1.54) is 12.4 Å². The number of nitrogens with one attached hydrogen (secondary N) is 1. The van der Waals surface area contributed by atoms with Crippen LogP contribution in [0.1, 0.15) is 24.5 Å². The van der Waals surface area contributed by atoms with Crippen molar-refractivity contribution in [2.75, 3.05) is 5.32 Å². The summed E-state index contributed by atoms with van der Waals surface area (Å²) in [6, 6.07) is 8.82. The molecule has 1 aromatic carbocycles. The molecule has 0 spiro atoms. The standard InChI is InChI=1S/C15H11ClN6O/c1-9(20-13-8-18-12(6-17)7-19-13)14-21-15(23-22-14)10-2-4-11(16)5-3-10/h2-5,7-9H,1H3,(H,19,20)/t9-/m0/s1. The number of nitriles is 1. The predicted octanol–water partition coefficient (Wildman–Crippen LogP) is 3.22. The van der Waals surface area contributed by atoms with E-state index in [2.05, 4.69) is 25.4 Å². The smallest absolute Gasteiger partial charge is 0.257 e. The Morgan fingerprint density at radius 3 is 2.65 bits per heavy atom. The molecule has 2 heterocycles. The molecule has 0 saturated heterocycles. The lowest BCUT2D eigenvalue weighted by Gasteiger charge is -2.09. The second kappa shape index (κ2) is 6.42. The Bertz CT molecular complexity index is 838. The summed E-state index contributed by atoms with van der Waals surface area (Å²) < 4.78 is 5.26. The van der Waals surface area contributed by atoms with Gasteiger partial charge in [0.15, 0.2) is 11.5 Å². The van der Waals surface area contributed by atoms with Gasteiger partial charge in [-0.2, -0.15) is 10.2 Å². The van der Waals surface area contributed by atoms with Crippen molar-refractivity contribution in [3.63, 3.8) is 0 Å². The molecule has 0 radical (unpaired) electrons. The van der Waals surface area contributed by atoms with Gasteiger partial charge in [0.1, 0.15) is 11.9 Å². The fourth-order valence-corrected chi connectivity index (χ4v) is 1.99. The quantitative estimate of drug-likeness (QED) is 0.785. The highest BCUT2D eigenvalue weighted by Gasteiger charge is 2.15. The van der Waals surface area contributed by atoms with E-state index in [1.807, 2.05) is 25.1 Å². The van der Waals surface area contributed by atoms with E-state index in [4.69, 9.17) is 21.4 Å². The summed E-state index contributed by atoms with van der Waals surface area (Å²) in [6.45, 7) is 1.87. The summed E-state index contributed by atoms with van der Waals surface area (Å²) in [5.41, 5.74) is 1.05. The average Bonchev–Trinajstić information content (AvgIpc) is 3.06. The summed E-state index contributed by atoms with van der Waals surface area (Å²) in [7, 11) is 0. The molecule has 0 aliphatic carbocycles. The number of halogens is 1. The molecule has 0 amide bonds. The number of anilines is 1. The van der Waals surface area contributed by atoms with Gasteiger partial charge in [0.25, 0.3) is 5.89 Å². The Balaban J connectivity index is 1.74. The maximum atomic E-state index is 8.70. The largest absolute Gasteiger partial charge is 0.359 e. The number of nitrogens with zero attached hydrogens (tertiary/aromatic N) is 5. The van der Waals surface area contributed by atoms with Gasteiger partial charge in [0, 0.05) is 10.6 Å². The Morgan fingerprint density at radius 2 is 2.00 bits per heavy atom. The molecule has 1 N–H and O–H groups in total. The van der Waals surface area contributed by atoms with Crippen molar-refractivity contribution in [3.05, 3.63) is 53.2 Å². The summed E-state index contributed by atoms with van der Waals surface area (Å²) >= 11 is 5.86. The van der Waals surface area contributed by atoms with Crippen LogP contribution in [0.3, 0.4) is 0 Å². The van der Waals surface area contributed by atoms with E-state index in [0.717, 1.165) is 5.56 Å². The molecule has 0 bridgehead atoms. The number of benzene rings is 1. The highest BCUT2D eigenvalue weighted by molar-refractivity contribution is 6.30. The van der Waals surface area contributed by atoms with Crippen molar-refractivity contribution in [1.29, 1.82) is 5.26 Å². The molecule has 7 nitrogen and oxygen atoms in total. The number of rotatable bonds is 4. The van der Waals surface area contributed by atoms with Crippen LogP contribution in [0.2, 0.25) is 5.02 Å². The molecule has 0 aliphatic heterocycles. The SMILES string of the molecule is C[C@H](Nc1cnc(C#N)cn1)c1noc(-c2ccc(Cl)cc2)n1. The lowest BCUT2D eigenvalue weighted by molar-refractivity contribution is 0.419. The molecule has 114 valence electrons. The van der Waals surface area contributed by atoms with E-state index in [1.54, 1.807) is 12.1 Å². The summed E-state index contributed by atoms with van der Waals surface area (Å²) in [5, 5.41) is 16.4. The first-order valence-electron chi connectivity index (χ1n) is 6.74. The van der Waals surface area contributed by atoms with E-state index in [0.29, 0.717) is 22.6 Å². The summed E-state index contributed by atoms with van der Waals surface area (Å²) in [4.78, 5) is 12.4. The zero-order valence-corrected chi connectivity index (χ0v) is 12.8. The molecular formula is C15H11ClN6O. The molecule has 1 atom stereocenters. The van der Waals surface area contributed by atoms with E-state index < -0.39 is 0 Å². The third kappa shape index (κ3) is 3.44. The second-order valence-electron chi connectivity index (χ2n) is 4.73. The van der Waals surface area contributed by atoms with Crippen molar-refractivity contribution in [2.45, 2.75) is 13.0 Å². The van der Waals surface area contributed by atoms with Gasteiger partial charge in [0.2, 0.25) is 0 Å². The minimum Gasteiger partial charge on any atom is -0.359 e. The molecule has 3 rings (SSSR count). The van der Waals surface area contributed by atoms with Gasteiger partial charge in [0.05, 0.1) is 18.4 Å². The molecule has 0 fully saturated rings. The number of hydrogen-bond acceptors (Lipinski definition) is 7. The molecule has 0 unspecified atom stereocenters. The van der Waals surface area contributed by atoms with Crippen LogP contribution in [-0.4, -0.2) is 20.1 Å². The lowest BCUT2D eigenvalue weighted by Crippen LogP contribution is -2.10. The Kier molecular flexibility index (Phi) is 4.17. The molecule has 2 aromatic heterocycles. The van der Waals surface area contributed by atoms with E-state index >= 15 is 0 Å². The van der Waals surface area contributed by atoms with Crippen molar-refractivity contribution in [2.24, 2.45) is 0 Å². The molecule has 0 saturated carbocycles. The molecule has 8 heteroatoms. The predicted molar refractivity (Wildman–Crippen MR) is 83.5 cm³/mol. The maximum absolute atomic E-state index is 8.70. The van der Waals surface area contributed by atoms with Gasteiger partial charge in [-0.3, -0.25) is 0 Å². The molecular weight excluding hydrogens is 316 g/mol. The fraction of sp³-hybridized carbons (Fsp3) is 0.133. The van der Waals surface area contributed by atoms with Gasteiger partial charge in [-0.05, 0) is 31.2 Å². The van der Waals surface area contributed by atoms with Crippen LogP contribution in [0.5, 0.6) is 0 Å². The van der Waals surface area contributed by atoms with Crippen LogP contribution in [0.25, 0.3) is 11.5 Å². The minimum absolute atomic E-state index is 0.234. The second-order valence-corrected chi connectivity index (χ2v) is 5.17. The van der Waals surface area contributed by atoms with Gasteiger partial charge < -0.3 is 9.84 Å². The first-order valence-corrected chi connectivity index (χ1v) is 7.12. The van der Waals surface area contributed by atoms with E-state index in [-0.39, 0.29) is 11.7 Å². The van der Waals surface area contributed by atoms with Crippen LogP contribution >= 0.6 is 11.6 Å². The lowest BCUT2D eigenvalue weighted by atomic mass is 10.2. The first kappa shape index (κ1) is 14.9. The molecule has 3 aromatic rings. The van der Waals surface area contributed by atoms with Gasteiger partial charge in [-0.1, -0.05) is 16.8 Å². The molecule has 0 aliphatic rings. The number of aromatic nitrogens is 4. The monoisotopic (exact) mass is 326 g/mol. The normalized spacial score (nSPS) is 11.7. The third-order valence-electron chi connectivity index (χ3n) is 3.05. The van der Waals surface area contributed by atoms with Crippen LogP contribution in [0, 0.1) is 11.3 Å². The van der Waals surface area contributed by atoms with Crippen LogP contribution in [0.15, 0.2) is 41.2 Å². The molecule has 23 heavy (non-hydrogen) atoms. The van der Waals surface area contributed by atoms with Gasteiger partial charge in [-0.15, -0.1) is 0 Å².